The molecule has 3 aromatic rings. The molecule has 0 aliphatic carbocycles. The zero-order chi connectivity index (χ0) is 22.3. The summed E-state index contributed by atoms with van der Waals surface area (Å²) in [6.45, 7) is 3.24. The minimum atomic E-state index is -2.82. The van der Waals surface area contributed by atoms with Gasteiger partial charge in [0, 0.05) is 6.55 Å². The van der Waals surface area contributed by atoms with Gasteiger partial charge in [-0.3, -0.25) is 0 Å². The van der Waals surface area contributed by atoms with Gasteiger partial charge in [-0.05, 0) is 16.7 Å². The topological polar surface area (TPSA) is 27.7 Å². The van der Waals surface area contributed by atoms with E-state index in [1.807, 2.05) is 97.6 Å². The Morgan fingerprint density at radius 3 is 1.06 bits per heavy atom. The van der Waals surface area contributed by atoms with Crippen LogP contribution in [0.2, 0.25) is 6.55 Å². The lowest BCUT2D eigenvalue weighted by Crippen LogP contribution is -2.42. The molecule has 0 fully saturated rings. The monoisotopic (exact) mass is 442 g/mol. The van der Waals surface area contributed by atoms with Crippen molar-refractivity contribution in [2.24, 2.45) is 0 Å². The van der Waals surface area contributed by atoms with Crippen molar-refractivity contribution in [3.05, 3.63) is 126 Å². The van der Waals surface area contributed by atoms with Gasteiger partial charge in [0.1, 0.15) is 0 Å². The second kappa shape index (κ2) is 13.4. The van der Waals surface area contributed by atoms with Crippen LogP contribution in [0.3, 0.4) is 0 Å². The third-order valence-electron chi connectivity index (χ3n) is 4.65. The van der Waals surface area contributed by atoms with E-state index in [0.29, 0.717) is 19.8 Å². The van der Waals surface area contributed by atoms with Crippen molar-refractivity contribution in [3.8, 4) is 0 Å². The summed E-state index contributed by atoms with van der Waals surface area (Å²) in [7, 11) is -2.82. The second-order valence-corrected chi connectivity index (χ2v) is 9.83. The van der Waals surface area contributed by atoms with Gasteiger partial charge in [0.2, 0.25) is 0 Å². The molecular formula is C28H30O3Si. The largest absolute Gasteiger partial charge is 0.498 e. The molecule has 0 saturated carbocycles. The Bertz CT molecular complexity index is 853. The van der Waals surface area contributed by atoms with Crippen LogP contribution >= 0.6 is 0 Å². The molecule has 32 heavy (non-hydrogen) atoms. The molecule has 0 atom stereocenters. The molecule has 0 heterocycles. The molecule has 0 spiro atoms. The Balaban J connectivity index is 1.54. The van der Waals surface area contributed by atoms with Gasteiger partial charge in [-0.15, -0.1) is 0 Å². The van der Waals surface area contributed by atoms with E-state index in [2.05, 4.69) is 36.4 Å². The first-order valence-corrected chi connectivity index (χ1v) is 13.0. The summed E-state index contributed by atoms with van der Waals surface area (Å²) in [4.78, 5) is 0. The quantitative estimate of drug-likeness (QED) is 0.291. The van der Waals surface area contributed by atoms with E-state index in [4.69, 9.17) is 13.3 Å². The molecule has 0 amide bonds. The van der Waals surface area contributed by atoms with E-state index in [0.717, 1.165) is 16.7 Å². The van der Waals surface area contributed by atoms with Crippen molar-refractivity contribution in [1.82, 2.24) is 0 Å². The number of rotatable bonds is 12. The van der Waals surface area contributed by atoms with Crippen molar-refractivity contribution < 1.29 is 13.3 Å². The van der Waals surface area contributed by atoms with E-state index < -0.39 is 8.80 Å². The van der Waals surface area contributed by atoms with Gasteiger partial charge in [0.15, 0.2) is 0 Å². The summed E-state index contributed by atoms with van der Waals surface area (Å²) in [5, 5.41) is 0. The third-order valence-corrected chi connectivity index (χ3v) is 6.73. The van der Waals surface area contributed by atoms with Crippen molar-refractivity contribution in [1.29, 1.82) is 0 Å². The maximum atomic E-state index is 6.10. The number of hydrogen-bond acceptors (Lipinski definition) is 3. The van der Waals surface area contributed by atoms with Crippen LogP contribution in [-0.2, 0) is 13.3 Å². The lowest BCUT2D eigenvalue weighted by molar-refractivity contribution is 0.0936. The minimum absolute atomic E-state index is 0.433. The summed E-state index contributed by atoms with van der Waals surface area (Å²) < 4.78 is 18.3. The Hall–Kier alpha value is -3.02. The fourth-order valence-corrected chi connectivity index (χ4v) is 4.42. The lowest BCUT2D eigenvalue weighted by Gasteiger charge is -2.24. The van der Waals surface area contributed by atoms with E-state index in [9.17, 15) is 0 Å². The highest BCUT2D eigenvalue weighted by Crippen LogP contribution is 2.12. The molecule has 4 heteroatoms. The van der Waals surface area contributed by atoms with Gasteiger partial charge >= 0.3 is 8.80 Å². The lowest BCUT2D eigenvalue weighted by atomic mass is 10.2. The van der Waals surface area contributed by atoms with Gasteiger partial charge < -0.3 is 13.3 Å². The Kier molecular flexibility index (Phi) is 9.90. The Morgan fingerprint density at radius 1 is 0.500 bits per heavy atom. The smallest absolute Gasteiger partial charge is 0.370 e. The molecule has 0 N–H and O–H groups in total. The highest BCUT2D eigenvalue weighted by molar-refractivity contribution is 6.59. The summed E-state index contributed by atoms with van der Waals surface area (Å²) in [5.41, 5.74) is 3.41. The van der Waals surface area contributed by atoms with Crippen molar-refractivity contribution in [3.63, 3.8) is 0 Å². The van der Waals surface area contributed by atoms with Gasteiger partial charge in [0.25, 0.3) is 0 Å². The maximum Gasteiger partial charge on any atom is 0.498 e. The van der Waals surface area contributed by atoms with Gasteiger partial charge in [0.05, 0.1) is 19.8 Å². The van der Waals surface area contributed by atoms with Crippen LogP contribution in [0.5, 0.6) is 0 Å². The molecule has 0 unspecified atom stereocenters. The zero-order valence-corrected chi connectivity index (χ0v) is 19.5. The molecule has 0 saturated heterocycles. The molecular weight excluding hydrogens is 412 g/mol. The van der Waals surface area contributed by atoms with Crippen molar-refractivity contribution in [2.45, 2.75) is 6.55 Å². The second-order valence-electron chi connectivity index (χ2n) is 7.23. The highest BCUT2D eigenvalue weighted by Gasteiger charge is 2.33. The average Bonchev–Trinajstić information content (AvgIpc) is 2.85. The van der Waals surface area contributed by atoms with E-state index in [-0.39, 0.29) is 0 Å². The van der Waals surface area contributed by atoms with E-state index in [1.54, 1.807) is 0 Å². The van der Waals surface area contributed by atoms with Crippen molar-refractivity contribution in [2.75, 3.05) is 19.8 Å². The first-order valence-electron chi connectivity index (χ1n) is 10.8. The van der Waals surface area contributed by atoms with Crippen LogP contribution < -0.4 is 0 Å². The first-order chi connectivity index (χ1) is 15.7. The molecule has 0 aliphatic heterocycles. The maximum absolute atomic E-state index is 6.10. The molecule has 3 aromatic carbocycles. The van der Waals surface area contributed by atoms with Crippen LogP contribution in [0, 0.1) is 0 Å². The van der Waals surface area contributed by atoms with Crippen LogP contribution in [0.15, 0.2) is 109 Å². The third kappa shape index (κ3) is 9.00. The summed E-state index contributed by atoms with van der Waals surface area (Å²) >= 11 is 0. The minimum Gasteiger partial charge on any atom is -0.370 e. The number of hydrogen-bond donors (Lipinski definition) is 0. The molecule has 3 rings (SSSR count). The normalized spacial score (nSPS) is 13.8. The fourth-order valence-electron chi connectivity index (χ4n) is 2.97. The molecule has 0 bridgehead atoms. The van der Waals surface area contributed by atoms with E-state index in [1.165, 1.54) is 0 Å². The Labute approximate surface area is 192 Å². The molecule has 3 nitrogen and oxygen atoms in total. The predicted octanol–water partition coefficient (Wildman–Crippen LogP) is 6.75. The van der Waals surface area contributed by atoms with Crippen LogP contribution in [-0.4, -0.2) is 28.6 Å². The molecule has 164 valence electrons. The van der Waals surface area contributed by atoms with Crippen molar-refractivity contribution >= 4 is 27.0 Å². The summed E-state index contributed by atoms with van der Waals surface area (Å²) in [6.07, 6.45) is 12.1. The molecule has 0 radical (unpaired) electrons. The van der Waals surface area contributed by atoms with Gasteiger partial charge in [-0.2, -0.15) is 0 Å². The highest BCUT2D eigenvalue weighted by atomic mass is 28.4. The SMILES string of the molecule is C[Si](OCC=Cc1ccccc1)(OCC=Cc1ccccc1)OCC=Cc1ccccc1. The van der Waals surface area contributed by atoms with Gasteiger partial charge in [-0.1, -0.05) is 127 Å². The van der Waals surface area contributed by atoms with Crippen LogP contribution in [0.25, 0.3) is 18.2 Å². The van der Waals surface area contributed by atoms with Gasteiger partial charge in [-0.25, -0.2) is 0 Å². The summed E-state index contributed by atoms with van der Waals surface area (Å²) in [5.74, 6) is 0. The number of benzene rings is 3. The standard InChI is InChI=1S/C28H30O3Si/c1-32(29-23-11-20-26-14-5-2-6-15-26,30-24-12-21-27-16-7-3-8-17-27)31-25-13-22-28-18-9-4-10-19-28/h2-22H,23-25H2,1H3. The molecule has 0 aliphatic rings. The zero-order valence-electron chi connectivity index (χ0n) is 18.5. The first kappa shape index (κ1) is 23.6. The Morgan fingerprint density at radius 2 is 0.781 bits per heavy atom. The predicted molar refractivity (Wildman–Crippen MR) is 136 cm³/mol. The fraction of sp³-hybridized carbons (Fsp3) is 0.143. The summed E-state index contributed by atoms with van der Waals surface area (Å²) in [6, 6.07) is 30.5. The van der Waals surface area contributed by atoms with Crippen LogP contribution in [0.1, 0.15) is 16.7 Å². The van der Waals surface area contributed by atoms with E-state index >= 15 is 0 Å². The molecule has 0 aromatic heterocycles. The average molecular weight is 443 g/mol. The van der Waals surface area contributed by atoms with Crippen LogP contribution in [0.4, 0.5) is 0 Å².